The lowest BCUT2D eigenvalue weighted by Gasteiger charge is -2.18. The number of hydrogen-bond acceptors (Lipinski definition) is 4. The minimum atomic E-state index is -0.517. The molecule has 0 aliphatic rings. The van der Waals surface area contributed by atoms with E-state index in [9.17, 15) is 9.90 Å². The van der Waals surface area contributed by atoms with Crippen molar-refractivity contribution >= 4 is 11.0 Å². The molecule has 2 aromatic heterocycles. The van der Waals surface area contributed by atoms with Gasteiger partial charge in [-0.2, -0.15) is 0 Å². The van der Waals surface area contributed by atoms with Gasteiger partial charge in [-0.05, 0) is 41.8 Å². The summed E-state index contributed by atoms with van der Waals surface area (Å²) in [5, 5.41) is 11.5. The molecule has 2 aromatic carbocycles. The Hall–Kier alpha value is -3.40. The van der Waals surface area contributed by atoms with Gasteiger partial charge >= 0.3 is 5.63 Å². The van der Waals surface area contributed by atoms with Crippen molar-refractivity contribution in [2.24, 2.45) is 0 Å². The lowest BCUT2D eigenvalue weighted by atomic mass is 9.87. The summed E-state index contributed by atoms with van der Waals surface area (Å²) in [5.41, 5.74) is 3.13. The minimum Gasteiger partial charge on any atom is -0.507 e. The van der Waals surface area contributed by atoms with Crippen LogP contribution in [0.25, 0.3) is 11.0 Å². The topological polar surface area (TPSA) is 63.3 Å². The first-order valence-electron chi connectivity index (χ1n) is 9.40. The number of fused-ring (bicyclic) bond motifs is 1. The molecule has 4 aromatic rings. The zero-order valence-corrected chi connectivity index (χ0v) is 15.6. The van der Waals surface area contributed by atoms with Gasteiger partial charge in [-0.3, -0.25) is 4.98 Å². The second-order valence-corrected chi connectivity index (χ2v) is 6.82. The van der Waals surface area contributed by atoms with E-state index in [0.717, 1.165) is 17.7 Å². The minimum absolute atomic E-state index is 0.0210. The van der Waals surface area contributed by atoms with Gasteiger partial charge in [-0.1, -0.05) is 49.4 Å². The molecule has 0 fully saturated rings. The Kier molecular flexibility index (Phi) is 4.94. The fourth-order valence-corrected chi connectivity index (χ4v) is 3.60. The zero-order chi connectivity index (χ0) is 19.5. The fourth-order valence-electron chi connectivity index (χ4n) is 3.60. The molecule has 0 aliphatic carbocycles. The number of aryl methyl sites for hydroxylation is 1. The van der Waals surface area contributed by atoms with E-state index in [1.807, 2.05) is 42.5 Å². The second kappa shape index (κ2) is 7.69. The van der Waals surface area contributed by atoms with Crippen LogP contribution in [-0.2, 0) is 12.8 Å². The average Bonchev–Trinajstić information content (AvgIpc) is 2.74. The van der Waals surface area contributed by atoms with E-state index in [0.29, 0.717) is 17.4 Å². The van der Waals surface area contributed by atoms with Crippen LogP contribution in [-0.4, -0.2) is 10.1 Å². The smallest absolute Gasteiger partial charge is 0.343 e. The predicted octanol–water partition coefficient (Wildman–Crippen LogP) is 4.83. The molecular weight excluding hydrogens is 350 g/mol. The Morgan fingerprint density at radius 2 is 1.79 bits per heavy atom. The number of benzene rings is 2. The maximum atomic E-state index is 12.8. The number of pyridine rings is 1. The lowest BCUT2D eigenvalue weighted by Crippen LogP contribution is -2.17. The van der Waals surface area contributed by atoms with Gasteiger partial charge in [0.1, 0.15) is 11.3 Å². The molecule has 4 nitrogen and oxygen atoms in total. The number of aromatic nitrogens is 1. The second-order valence-electron chi connectivity index (χ2n) is 6.82. The lowest BCUT2D eigenvalue weighted by molar-refractivity contribution is 0.450. The summed E-state index contributed by atoms with van der Waals surface area (Å²) in [6, 6.07) is 20.8. The Morgan fingerprint density at radius 1 is 1.04 bits per heavy atom. The number of para-hydroxylation sites is 1. The molecule has 0 radical (unpaired) electrons. The van der Waals surface area contributed by atoms with Crippen LogP contribution in [0.3, 0.4) is 0 Å². The fraction of sp³-hybridized carbons (Fsp3) is 0.167. The first kappa shape index (κ1) is 18.0. The number of aromatic hydroxyl groups is 1. The SMILES string of the molecule is CCc1ccnc(CC(c2ccccc2)c2c(O)c3ccccc3oc2=O)c1. The molecule has 0 saturated heterocycles. The van der Waals surface area contributed by atoms with Crippen molar-refractivity contribution in [3.8, 4) is 5.75 Å². The van der Waals surface area contributed by atoms with Crippen molar-refractivity contribution in [2.45, 2.75) is 25.7 Å². The van der Waals surface area contributed by atoms with Crippen LogP contribution in [0, 0.1) is 0 Å². The standard InChI is InChI=1S/C24H21NO3/c1-2-16-12-13-25-18(14-16)15-20(17-8-4-3-5-9-17)22-23(26)19-10-6-7-11-21(19)28-24(22)27/h3-14,20,26H,2,15H2,1H3. The van der Waals surface area contributed by atoms with Crippen molar-refractivity contribution in [1.82, 2.24) is 4.98 Å². The van der Waals surface area contributed by atoms with Crippen molar-refractivity contribution < 1.29 is 9.52 Å². The summed E-state index contributed by atoms with van der Waals surface area (Å²) in [7, 11) is 0. The average molecular weight is 371 g/mol. The van der Waals surface area contributed by atoms with Crippen LogP contribution in [0.15, 0.2) is 82.1 Å². The molecule has 0 spiro atoms. The van der Waals surface area contributed by atoms with Crippen LogP contribution in [0.1, 0.15) is 35.2 Å². The molecule has 1 N–H and O–H groups in total. The molecular formula is C24H21NO3. The highest BCUT2D eigenvalue weighted by Crippen LogP contribution is 2.35. The van der Waals surface area contributed by atoms with Crippen LogP contribution < -0.4 is 5.63 Å². The van der Waals surface area contributed by atoms with Crippen LogP contribution >= 0.6 is 0 Å². The van der Waals surface area contributed by atoms with Gasteiger partial charge in [0.05, 0.1) is 10.9 Å². The summed E-state index contributed by atoms with van der Waals surface area (Å²) < 4.78 is 5.52. The van der Waals surface area contributed by atoms with Crippen molar-refractivity contribution in [2.75, 3.05) is 0 Å². The van der Waals surface area contributed by atoms with E-state index in [4.69, 9.17) is 4.42 Å². The molecule has 0 amide bonds. The summed E-state index contributed by atoms with van der Waals surface area (Å²) in [4.78, 5) is 17.3. The quantitative estimate of drug-likeness (QED) is 0.510. The molecule has 1 unspecified atom stereocenters. The van der Waals surface area contributed by atoms with Crippen molar-refractivity contribution in [3.63, 3.8) is 0 Å². The molecule has 28 heavy (non-hydrogen) atoms. The third kappa shape index (κ3) is 3.41. The van der Waals surface area contributed by atoms with E-state index in [-0.39, 0.29) is 17.2 Å². The van der Waals surface area contributed by atoms with E-state index >= 15 is 0 Å². The highest BCUT2D eigenvalue weighted by atomic mass is 16.4. The summed E-state index contributed by atoms with van der Waals surface area (Å²) in [6.45, 7) is 2.09. The normalized spacial score (nSPS) is 12.2. The molecule has 1 atom stereocenters. The Morgan fingerprint density at radius 3 is 2.57 bits per heavy atom. The highest BCUT2D eigenvalue weighted by molar-refractivity contribution is 5.84. The molecule has 0 saturated carbocycles. The maximum Gasteiger partial charge on any atom is 0.343 e. The van der Waals surface area contributed by atoms with Gasteiger partial charge in [-0.15, -0.1) is 0 Å². The molecule has 0 bridgehead atoms. The Bertz CT molecular complexity index is 1170. The van der Waals surface area contributed by atoms with Crippen LogP contribution in [0.2, 0.25) is 0 Å². The van der Waals surface area contributed by atoms with Gasteiger partial charge < -0.3 is 9.52 Å². The highest BCUT2D eigenvalue weighted by Gasteiger charge is 2.25. The van der Waals surface area contributed by atoms with Crippen LogP contribution in [0.4, 0.5) is 0 Å². The van der Waals surface area contributed by atoms with Gasteiger partial charge in [-0.25, -0.2) is 4.79 Å². The Balaban J connectivity index is 1.89. The molecule has 2 heterocycles. The van der Waals surface area contributed by atoms with Crippen LogP contribution in [0.5, 0.6) is 5.75 Å². The summed E-state index contributed by atoms with van der Waals surface area (Å²) in [5.74, 6) is -0.381. The molecule has 4 heteroatoms. The Labute approximate surface area is 163 Å². The van der Waals surface area contributed by atoms with Gasteiger partial charge in [0, 0.05) is 24.2 Å². The third-order valence-corrected chi connectivity index (χ3v) is 5.07. The molecule has 140 valence electrons. The predicted molar refractivity (Wildman–Crippen MR) is 110 cm³/mol. The van der Waals surface area contributed by atoms with E-state index < -0.39 is 5.63 Å². The van der Waals surface area contributed by atoms with E-state index in [1.165, 1.54) is 5.56 Å². The first-order valence-corrected chi connectivity index (χ1v) is 9.40. The summed E-state index contributed by atoms with van der Waals surface area (Å²) in [6.07, 6.45) is 3.20. The van der Waals surface area contributed by atoms with E-state index in [2.05, 4.69) is 18.0 Å². The number of hydrogen-bond donors (Lipinski definition) is 1. The van der Waals surface area contributed by atoms with Gasteiger partial charge in [0.2, 0.25) is 0 Å². The first-order chi connectivity index (χ1) is 13.7. The van der Waals surface area contributed by atoms with E-state index in [1.54, 1.807) is 24.4 Å². The van der Waals surface area contributed by atoms with Gasteiger partial charge in [0.15, 0.2) is 0 Å². The molecule has 0 aliphatic heterocycles. The largest absolute Gasteiger partial charge is 0.507 e. The zero-order valence-electron chi connectivity index (χ0n) is 15.6. The third-order valence-electron chi connectivity index (χ3n) is 5.07. The van der Waals surface area contributed by atoms with Gasteiger partial charge in [0.25, 0.3) is 0 Å². The number of nitrogens with zero attached hydrogens (tertiary/aromatic N) is 1. The summed E-state index contributed by atoms with van der Waals surface area (Å²) >= 11 is 0. The monoisotopic (exact) mass is 371 g/mol. The maximum absolute atomic E-state index is 12.8. The van der Waals surface area contributed by atoms with Crippen molar-refractivity contribution in [3.05, 3.63) is 106 Å². The van der Waals surface area contributed by atoms with Crippen molar-refractivity contribution in [1.29, 1.82) is 0 Å². The number of rotatable bonds is 5. The molecule has 4 rings (SSSR count).